The molecule has 2 rings (SSSR count). The molecule has 0 saturated heterocycles. The van der Waals surface area contributed by atoms with Crippen molar-refractivity contribution in [3.05, 3.63) is 52.1 Å². The van der Waals surface area contributed by atoms with E-state index in [1.807, 2.05) is 0 Å². The van der Waals surface area contributed by atoms with E-state index < -0.39 is 11.9 Å². The van der Waals surface area contributed by atoms with E-state index in [1.165, 1.54) is 24.3 Å². The van der Waals surface area contributed by atoms with Gasteiger partial charge < -0.3 is 15.5 Å². The van der Waals surface area contributed by atoms with Gasteiger partial charge in [-0.15, -0.1) is 0 Å². The molecule has 0 saturated carbocycles. The van der Waals surface area contributed by atoms with Crippen molar-refractivity contribution >= 4 is 33.6 Å². The number of pyridine rings is 1. The van der Waals surface area contributed by atoms with Crippen LogP contribution in [0, 0.1) is 0 Å². The molecule has 0 aliphatic rings. The second kappa shape index (κ2) is 5.70. The number of nitrogens with zero attached hydrogens (tertiary/aromatic N) is 1. The molecule has 1 amide bonds. The SMILES string of the molecule is O=C(O)c1ccc(NC(=O)c2cc(Br)ccc2O)nc1. The quantitative estimate of drug-likeness (QED) is 0.799. The van der Waals surface area contributed by atoms with E-state index in [1.54, 1.807) is 6.07 Å². The number of carbonyl (C=O) groups is 2. The molecule has 0 aliphatic heterocycles. The number of hydrogen-bond acceptors (Lipinski definition) is 4. The maximum atomic E-state index is 12.0. The van der Waals surface area contributed by atoms with Crippen LogP contribution in [0.4, 0.5) is 5.82 Å². The van der Waals surface area contributed by atoms with Crippen LogP contribution in [-0.4, -0.2) is 27.1 Å². The lowest BCUT2D eigenvalue weighted by molar-refractivity contribution is 0.0696. The zero-order valence-electron chi connectivity index (χ0n) is 10.0. The first kappa shape index (κ1) is 14.0. The average molecular weight is 337 g/mol. The van der Waals surface area contributed by atoms with Gasteiger partial charge >= 0.3 is 5.97 Å². The third-order valence-electron chi connectivity index (χ3n) is 2.46. The van der Waals surface area contributed by atoms with Crippen molar-refractivity contribution < 1.29 is 19.8 Å². The van der Waals surface area contributed by atoms with Gasteiger partial charge in [-0.05, 0) is 30.3 Å². The number of benzene rings is 1. The van der Waals surface area contributed by atoms with Crippen molar-refractivity contribution in [2.45, 2.75) is 0 Å². The highest BCUT2D eigenvalue weighted by molar-refractivity contribution is 9.10. The second-order valence-electron chi connectivity index (χ2n) is 3.85. The molecule has 3 N–H and O–H groups in total. The van der Waals surface area contributed by atoms with Gasteiger partial charge in [0.2, 0.25) is 0 Å². The minimum absolute atomic E-state index is 0.0216. The molecule has 102 valence electrons. The third-order valence-corrected chi connectivity index (χ3v) is 2.95. The molecule has 0 bridgehead atoms. The number of nitrogens with one attached hydrogen (secondary N) is 1. The Hall–Kier alpha value is -2.41. The molecule has 0 fully saturated rings. The molecule has 2 aromatic rings. The fourth-order valence-corrected chi connectivity index (χ4v) is 1.83. The fraction of sp³-hybridized carbons (Fsp3) is 0. The number of carboxylic acids is 1. The molecule has 7 heteroatoms. The molecular formula is C13H9BrN2O4. The highest BCUT2D eigenvalue weighted by Crippen LogP contribution is 2.22. The second-order valence-corrected chi connectivity index (χ2v) is 4.77. The zero-order chi connectivity index (χ0) is 14.7. The monoisotopic (exact) mass is 336 g/mol. The van der Waals surface area contributed by atoms with Gasteiger partial charge in [0, 0.05) is 10.7 Å². The van der Waals surface area contributed by atoms with E-state index in [2.05, 4.69) is 26.2 Å². The first-order valence-corrected chi connectivity index (χ1v) is 6.26. The van der Waals surface area contributed by atoms with Gasteiger partial charge in [-0.3, -0.25) is 4.79 Å². The number of aromatic nitrogens is 1. The topological polar surface area (TPSA) is 99.5 Å². The Morgan fingerprint density at radius 2 is 1.95 bits per heavy atom. The number of aromatic carboxylic acids is 1. The summed E-state index contributed by atoms with van der Waals surface area (Å²) >= 11 is 3.20. The number of anilines is 1. The number of halogens is 1. The standard InChI is InChI=1S/C13H9BrN2O4/c14-8-2-3-10(17)9(5-8)12(18)16-11-4-1-7(6-15-11)13(19)20/h1-6,17H,(H,19,20)(H,15,16,18). The molecule has 1 heterocycles. The van der Waals surface area contributed by atoms with Gasteiger partial charge in [0.15, 0.2) is 0 Å². The highest BCUT2D eigenvalue weighted by atomic mass is 79.9. The van der Waals surface area contributed by atoms with Crippen molar-refractivity contribution in [3.63, 3.8) is 0 Å². The summed E-state index contributed by atoms with van der Waals surface area (Å²) in [5.74, 6) is -1.60. The number of amides is 1. The van der Waals surface area contributed by atoms with Gasteiger partial charge in [0.25, 0.3) is 5.91 Å². The van der Waals surface area contributed by atoms with Crippen LogP contribution in [-0.2, 0) is 0 Å². The number of carboxylic acid groups (broad SMARTS) is 1. The van der Waals surface area contributed by atoms with Crippen molar-refractivity contribution in [2.75, 3.05) is 5.32 Å². The van der Waals surface area contributed by atoms with E-state index in [-0.39, 0.29) is 22.7 Å². The number of aromatic hydroxyl groups is 1. The molecule has 0 spiro atoms. The largest absolute Gasteiger partial charge is 0.507 e. The van der Waals surface area contributed by atoms with Crippen LogP contribution in [0.3, 0.4) is 0 Å². The van der Waals surface area contributed by atoms with Crippen molar-refractivity contribution in [1.82, 2.24) is 4.98 Å². The lowest BCUT2D eigenvalue weighted by atomic mass is 10.2. The first-order valence-electron chi connectivity index (χ1n) is 5.46. The Morgan fingerprint density at radius 3 is 2.55 bits per heavy atom. The van der Waals surface area contributed by atoms with Crippen LogP contribution < -0.4 is 5.32 Å². The smallest absolute Gasteiger partial charge is 0.337 e. The van der Waals surface area contributed by atoms with Crippen LogP contribution in [0.2, 0.25) is 0 Å². The predicted octanol–water partition coefficient (Wildman–Crippen LogP) is 2.50. The van der Waals surface area contributed by atoms with Gasteiger partial charge in [-0.2, -0.15) is 0 Å². The van der Waals surface area contributed by atoms with Gasteiger partial charge in [0.05, 0.1) is 11.1 Å². The summed E-state index contributed by atoms with van der Waals surface area (Å²) < 4.78 is 0.648. The minimum atomic E-state index is -1.10. The zero-order valence-corrected chi connectivity index (χ0v) is 11.6. The summed E-state index contributed by atoms with van der Waals surface area (Å²) in [5, 5.41) is 20.8. The number of phenols is 1. The Labute approximate surface area is 122 Å². The Balaban J connectivity index is 2.19. The Kier molecular flexibility index (Phi) is 3.99. The Bertz CT molecular complexity index is 671. The molecule has 20 heavy (non-hydrogen) atoms. The molecule has 6 nitrogen and oxygen atoms in total. The summed E-state index contributed by atoms with van der Waals surface area (Å²) in [6.07, 6.45) is 1.14. The summed E-state index contributed by atoms with van der Waals surface area (Å²) in [7, 11) is 0. The lowest BCUT2D eigenvalue weighted by Crippen LogP contribution is -2.13. The highest BCUT2D eigenvalue weighted by Gasteiger charge is 2.12. The van der Waals surface area contributed by atoms with E-state index in [0.29, 0.717) is 4.47 Å². The summed E-state index contributed by atoms with van der Waals surface area (Å²) in [4.78, 5) is 26.4. The van der Waals surface area contributed by atoms with E-state index in [0.717, 1.165) is 6.20 Å². The summed E-state index contributed by atoms with van der Waals surface area (Å²) in [6.45, 7) is 0. The van der Waals surface area contributed by atoms with Gasteiger partial charge in [-0.1, -0.05) is 15.9 Å². The van der Waals surface area contributed by atoms with Crippen LogP contribution in [0.15, 0.2) is 41.0 Å². The van der Waals surface area contributed by atoms with Gasteiger partial charge in [-0.25, -0.2) is 9.78 Å². The maximum Gasteiger partial charge on any atom is 0.337 e. The third kappa shape index (κ3) is 3.12. The van der Waals surface area contributed by atoms with Crippen LogP contribution in [0.1, 0.15) is 20.7 Å². The lowest BCUT2D eigenvalue weighted by Gasteiger charge is -2.06. The first-order chi connectivity index (χ1) is 9.47. The Morgan fingerprint density at radius 1 is 1.20 bits per heavy atom. The van der Waals surface area contributed by atoms with Crippen LogP contribution in [0.25, 0.3) is 0 Å². The molecular weight excluding hydrogens is 328 g/mol. The van der Waals surface area contributed by atoms with Crippen molar-refractivity contribution in [2.24, 2.45) is 0 Å². The van der Waals surface area contributed by atoms with Crippen molar-refractivity contribution in [3.8, 4) is 5.75 Å². The average Bonchev–Trinajstić information content (AvgIpc) is 2.42. The minimum Gasteiger partial charge on any atom is -0.507 e. The van der Waals surface area contributed by atoms with E-state index >= 15 is 0 Å². The molecule has 1 aromatic carbocycles. The predicted molar refractivity (Wildman–Crippen MR) is 75.0 cm³/mol. The van der Waals surface area contributed by atoms with E-state index in [9.17, 15) is 14.7 Å². The fourth-order valence-electron chi connectivity index (χ4n) is 1.47. The molecule has 0 radical (unpaired) electrons. The van der Waals surface area contributed by atoms with Gasteiger partial charge in [0.1, 0.15) is 11.6 Å². The number of phenolic OH excluding ortho intramolecular Hbond substituents is 1. The normalized spacial score (nSPS) is 10.1. The molecule has 0 aliphatic carbocycles. The molecule has 1 aromatic heterocycles. The molecule has 0 unspecified atom stereocenters. The number of carbonyl (C=O) groups excluding carboxylic acids is 1. The number of rotatable bonds is 3. The van der Waals surface area contributed by atoms with E-state index in [4.69, 9.17) is 5.11 Å². The number of hydrogen-bond donors (Lipinski definition) is 3. The van der Waals surface area contributed by atoms with Crippen molar-refractivity contribution in [1.29, 1.82) is 0 Å². The summed E-state index contributed by atoms with van der Waals surface area (Å²) in [5.41, 5.74) is 0.108. The summed E-state index contributed by atoms with van der Waals surface area (Å²) in [6, 6.07) is 7.16. The van der Waals surface area contributed by atoms with Crippen LogP contribution in [0.5, 0.6) is 5.75 Å². The molecule has 0 atom stereocenters. The van der Waals surface area contributed by atoms with Crippen LogP contribution >= 0.6 is 15.9 Å². The maximum absolute atomic E-state index is 12.0.